The number of hydrogen-bond donors (Lipinski definition) is 1. The summed E-state index contributed by atoms with van der Waals surface area (Å²) >= 11 is 1.71. The van der Waals surface area contributed by atoms with Crippen molar-refractivity contribution in [3.05, 3.63) is 51.5 Å². The van der Waals surface area contributed by atoms with Crippen LogP contribution in [0.25, 0.3) is 0 Å². The van der Waals surface area contributed by atoms with Crippen LogP contribution in [0.1, 0.15) is 27.6 Å². The first kappa shape index (κ1) is 19.0. The monoisotopic (exact) mass is 373 g/mol. The van der Waals surface area contributed by atoms with Crippen LogP contribution in [0.15, 0.2) is 30.3 Å². The van der Waals surface area contributed by atoms with Crippen molar-refractivity contribution in [2.45, 2.75) is 39.3 Å². The van der Waals surface area contributed by atoms with Crippen molar-refractivity contribution >= 4 is 17.2 Å². The predicted octanol–water partition coefficient (Wildman–Crippen LogP) is 2.71. The van der Waals surface area contributed by atoms with Gasteiger partial charge in [-0.05, 0) is 19.4 Å². The average Bonchev–Trinajstić information content (AvgIpc) is 2.94. The lowest BCUT2D eigenvalue weighted by Crippen LogP contribution is -2.44. The summed E-state index contributed by atoms with van der Waals surface area (Å²) in [5.74, 6) is 0.0570. The maximum absolute atomic E-state index is 12.2. The number of aromatic nitrogens is 1. The predicted molar refractivity (Wildman–Crippen MR) is 104 cm³/mol. The molecule has 0 unspecified atom stereocenters. The molecule has 2 aromatic rings. The number of carbonyl (C=O) groups is 1. The fraction of sp³-hybridized carbons (Fsp3) is 0.500. The summed E-state index contributed by atoms with van der Waals surface area (Å²) in [6, 6.07) is 10.4. The van der Waals surface area contributed by atoms with Crippen molar-refractivity contribution in [3.8, 4) is 0 Å². The molecular formula is C20H27N3O2S. The highest BCUT2D eigenvalue weighted by atomic mass is 32.1. The van der Waals surface area contributed by atoms with Gasteiger partial charge in [0.25, 0.3) is 0 Å². The number of benzene rings is 1. The minimum atomic E-state index is -0.0307. The Morgan fingerprint density at radius 3 is 2.88 bits per heavy atom. The van der Waals surface area contributed by atoms with Crippen molar-refractivity contribution < 1.29 is 9.53 Å². The van der Waals surface area contributed by atoms with Crippen LogP contribution in [0.4, 0.5) is 0 Å². The largest absolute Gasteiger partial charge is 0.375 e. The molecule has 0 bridgehead atoms. The third kappa shape index (κ3) is 5.62. The Balaban J connectivity index is 1.39. The van der Waals surface area contributed by atoms with E-state index in [0.717, 1.165) is 36.8 Å². The second-order valence-corrected chi connectivity index (χ2v) is 8.05. The van der Waals surface area contributed by atoms with Gasteiger partial charge in [0.2, 0.25) is 5.91 Å². The topological polar surface area (TPSA) is 54.5 Å². The number of rotatable bonds is 7. The number of amides is 1. The highest BCUT2D eigenvalue weighted by molar-refractivity contribution is 7.11. The number of aryl methyl sites for hydroxylation is 2. The summed E-state index contributed by atoms with van der Waals surface area (Å²) in [4.78, 5) is 20.3. The van der Waals surface area contributed by atoms with Crippen LogP contribution >= 0.6 is 11.3 Å². The molecule has 1 aromatic heterocycles. The molecule has 6 heteroatoms. The summed E-state index contributed by atoms with van der Waals surface area (Å²) in [5.41, 5.74) is 2.39. The third-order valence-electron chi connectivity index (χ3n) is 4.62. The number of thiazole rings is 1. The summed E-state index contributed by atoms with van der Waals surface area (Å²) in [5, 5.41) is 4.09. The second-order valence-electron chi connectivity index (χ2n) is 6.77. The number of ether oxygens (including phenoxy) is 1. The summed E-state index contributed by atoms with van der Waals surface area (Å²) in [6.45, 7) is 8.04. The third-order valence-corrected chi connectivity index (χ3v) is 5.75. The molecule has 1 amide bonds. The van der Waals surface area contributed by atoms with E-state index in [4.69, 9.17) is 4.74 Å². The molecular weight excluding hydrogens is 346 g/mol. The van der Waals surface area contributed by atoms with Crippen LogP contribution in [-0.4, -0.2) is 48.1 Å². The Morgan fingerprint density at radius 2 is 2.15 bits per heavy atom. The lowest BCUT2D eigenvalue weighted by Gasteiger charge is -2.32. The minimum Gasteiger partial charge on any atom is -0.375 e. The van der Waals surface area contributed by atoms with Gasteiger partial charge in [0.15, 0.2) is 0 Å². The fourth-order valence-corrected chi connectivity index (χ4v) is 4.06. The molecule has 0 saturated carbocycles. The molecule has 0 radical (unpaired) electrons. The normalized spacial score (nSPS) is 18.0. The smallest absolute Gasteiger partial charge is 0.222 e. The summed E-state index contributed by atoms with van der Waals surface area (Å²) < 4.78 is 5.79. The molecule has 1 fully saturated rings. The molecule has 1 N–H and O–H groups in total. The van der Waals surface area contributed by atoms with Crippen LogP contribution in [0.5, 0.6) is 0 Å². The van der Waals surface area contributed by atoms with Crippen molar-refractivity contribution in [2.24, 2.45) is 0 Å². The van der Waals surface area contributed by atoms with Crippen molar-refractivity contribution in [1.82, 2.24) is 15.2 Å². The Kier molecular flexibility index (Phi) is 6.77. The first-order valence-electron chi connectivity index (χ1n) is 9.17. The van der Waals surface area contributed by atoms with E-state index in [1.165, 1.54) is 10.4 Å². The van der Waals surface area contributed by atoms with E-state index in [2.05, 4.69) is 46.4 Å². The Morgan fingerprint density at radius 1 is 1.35 bits per heavy atom. The van der Waals surface area contributed by atoms with Crippen molar-refractivity contribution in [2.75, 3.05) is 26.2 Å². The van der Waals surface area contributed by atoms with E-state index in [0.29, 0.717) is 19.6 Å². The number of nitrogens with one attached hydrogen (secondary N) is 1. The molecule has 0 aliphatic carbocycles. The summed E-state index contributed by atoms with van der Waals surface area (Å²) in [6.07, 6.45) is 1.18. The van der Waals surface area contributed by atoms with Crippen LogP contribution in [0, 0.1) is 13.8 Å². The number of nitrogens with zero attached hydrogens (tertiary/aromatic N) is 2. The second kappa shape index (κ2) is 9.26. The molecule has 5 nitrogen and oxygen atoms in total. The zero-order valence-electron chi connectivity index (χ0n) is 15.5. The molecule has 1 aliphatic heterocycles. The molecule has 1 aliphatic rings. The minimum absolute atomic E-state index is 0.0307. The van der Waals surface area contributed by atoms with Crippen LogP contribution in [-0.2, 0) is 22.5 Å². The van der Waals surface area contributed by atoms with Gasteiger partial charge in [-0.15, -0.1) is 11.3 Å². The fourth-order valence-electron chi connectivity index (χ4n) is 3.12. The Hall–Kier alpha value is -1.76. The lowest BCUT2D eigenvalue weighted by molar-refractivity contribution is -0.126. The molecule has 3 rings (SSSR count). The number of carbonyl (C=O) groups excluding carboxylic acids is 1. The van der Waals surface area contributed by atoms with Crippen LogP contribution in [0.3, 0.4) is 0 Å². The van der Waals surface area contributed by atoms with E-state index in [-0.39, 0.29) is 12.0 Å². The highest BCUT2D eigenvalue weighted by Gasteiger charge is 2.22. The van der Waals surface area contributed by atoms with Crippen LogP contribution < -0.4 is 5.32 Å². The Labute approximate surface area is 159 Å². The number of hydrogen-bond acceptors (Lipinski definition) is 5. The quantitative estimate of drug-likeness (QED) is 0.811. The molecule has 140 valence electrons. The van der Waals surface area contributed by atoms with Crippen molar-refractivity contribution in [1.29, 1.82) is 0 Å². The first-order valence-corrected chi connectivity index (χ1v) is 9.99. The van der Waals surface area contributed by atoms with E-state index in [1.54, 1.807) is 11.3 Å². The van der Waals surface area contributed by atoms with Gasteiger partial charge < -0.3 is 10.1 Å². The zero-order chi connectivity index (χ0) is 18.4. The molecule has 1 atom stereocenters. The van der Waals surface area contributed by atoms with Gasteiger partial charge in [0.05, 0.1) is 29.8 Å². The van der Waals surface area contributed by atoms with Crippen LogP contribution in [0.2, 0.25) is 0 Å². The van der Waals surface area contributed by atoms with Gasteiger partial charge in [-0.2, -0.15) is 0 Å². The van der Waals surface area contributed by atoms with Gasteiger partial charge in [-0.1, -0.05) is 30.3 Å². The van der Waals surface area contributed by atoms with Gasteiger partial charge in [0.1, 0.15) is 0 Å². The highest BCUT2D eigenvalue weighted by Crippen LogP contribution is 2.16. The lowest BCUT2D eigenvalue weighted by atomic mass is 10.1. The molecule has 2 heterocycles. The van der Waals surface area contributed by atoms with Gasteiger partial charge in [-0.3, -0.25) is 9.69 Å². The van der Waals surface area contributed by atoms with E-state index in [9.17, 15) is 4.79 Å². The maximum atomic E-state index is 12.2. The summed E-state index contributed by atoms with van der Waals surface area (Å²) in [7, 11) is 0. The zero-order valence-corrected chi connectivity index (χ0v) is 16.3. The maximum Gasteiger partial charge on any atom is 0.222 e. The molecule has 1 aromatic carbocycles. The van der Waals surface area contributed by atoms with E-state index < -0.39 is 0 Å². The molecule has 0 spiro atoms. The van der Waals surface area contributed by atoms with Crippen molar-refractivity contribution in [3.63, 3.8) is 0 Å². The van der Waals surface area contributed by atoms with E-state index >= 15 is 0 Å². The van der Waals surface area contributed by atoms with Gasteiger partial charge >= 0.3 is 0 Å². The number of morpholine rings is 1. The standard InChI is InChI=1S/C20H27N3O2S/c1-15-16(2)26-20(22-15)8-9-21-19(24)12-18-14-23(10-11-25-18)13-17-6-4-3-5-7-17/h3-7,18H,8-14H2,1-2H3,(H,21,24)/t18-/m1/s1. The van der Waals surface area contributed by atoms with Gasteiger partial charge in [0, 0.05) is 37.5 Å². The SMILES string of the molecule is Cc1nc(CCNC(=O)C[C@@H]2CN(Cc3ccccc3)CCO2)sc1C. The van der Waals surface area contributed by atoms with E-state index in [1.807, 2.05) is 13.0 Å². The average molecular weight is 374 g/mol. The van der Waals surface area contributed by atoms with Gasteiger partial charge in [-0.25, -0.2) is 4.98 Å². The first-order chi connectivity index (χ1) is 12.6. The Bertz CT molecular complexity index is 698. The molecule has 26 heavy (non-hydrogen) atoms. The molecule has 1 saturated heterocycles.